The van der Waals surface area contributed by atoms with Gasteiger partial charge < -0.3 is 4.57 Å². The fraction of sp³-hybridized carbons (Fsp3) is 0. The minimum atomic E-state index is 0.828. The third kappa shape index (κ3) is 4.02. The maximum absolute atomic E-state index is 5.34. The Kier molecular flexibility index (Phi) is 5.71. The number of fused-ring (bicyclic) bond motifs is 12. The maximum atomic E-state index is 5.34. The molecule has 0 aliphatic carbocycles. The predicted molar refractivity (Wildman–Crippen MR) is 220 cm³/mol. The number of imidazole rings is 1. The highest BCUT2D eigenvalue weighted by molar-refractivity contribution is 6.13. The normalized spacial score (nSPS) is 12.2. The molecule has 0 amide bonds. The molecule has 0 saturated carbocycles. The lowest BCUT2D eigenvalue weighted by Gasteiger charge is -2.12. The van der Waals surface area contributed by atoms with Crippen molar-refractivity contribution < 1.29 is 0 Å². The van der Waals surface area contributed by atoms with Gasteiger partial charge in [0.1, 0.15) is 5.65 Å². The molecule has 0 unspecified atom stereocenters. The first-order valence-electron chi connectivity index (χ1n) is 18.0. The van der Waals surface area contributed by atoms with Crippen molar-refractivity contribution in [1.82, 2.24) is 23.5 Å². The summed E-state index contributed by atoms with van der Waals surface area (Å²) in [7, 11) is 0. The molecule has 0 fully saturated rings. The number of rotatable bonds is 3. The summed E-state index contributed by atoms with van der Waals surface area (Å²) >= 11 is 0. The van der Waals surface area contributed by atoms with Gasteiger partial charge in [-0.2, -0.15) is 0 Å². The summed E-state index contributed by atoms with van der Waals surface area (Å²) in [6.45, 7) is 0. The number of hydrogen-bond donors (Lipinski definition) is 0. The van der Waals surface area contributed by atoms with Crippen LogP contribution < -0.4 is 0 Å². The molecule has 12 rings (SSSR count). The van der Waals surface area contributed by atoms with Gasteiger partial charge in [0, 0.05) is 32.6 Å². The van der Waals surface area contributed by atoms with E-state index in [1.54, 1.807) is 0 Å². The summed E-state index contributed by atoms with van der Waals surface area (Å²) in [5.41, 5.74) is 12.0. The van der Waals surface area contributed by atoms with Gasteiger partial charge in [0.05, 0.1) is 38.6 Å². The number of hydrogen-bond acceptors (Lipinski definition) is 2. The van der Waals surface area contributed by atoms with Crippen LogP contribution in [0.3, 0.4) is 0 Å². The second kappa shape index (κ2) is 10.6. The largest absolute Gasteiger partial charge is 0.309 e. The predicted octanol–water partition coefficient (Wildman–Crippen LogP) is 12.1. The molecule has 4 heterocycles. The van der Waals surface area contributed by atoms with Crippen molar-refractivity contribution in [3.05, 3.63) is 176 Å². The Morgan fingerprint density at radius 3 is 1.62 bits per heavy atom. The maximum Gasteiger partial charge on any atom is 0.221 e. The summed E-state index contributed by atoms with van der Waals surface area (Å²) in [5.74, 6) is 0.828. The molecule has 0 spiro atoms. The summed E-state index contributed by atoms with van der Waals surface area (Å²) in [4.78, 5) is 10.5. The fourth-order valence-electron chi connectivity index (χ4n) is 8.59. The highest BCUT2D eigenvalue weighted by Crippen LogP contribution is 2.39. The molecule has 0 saturated heterocycles. The zero-order valence-electron chi connectivity index (χ0n) is 28.5. The van der Waals surface area contributed by atoms with E-state index in [2.05, 4.69) is 177 Å². The summed E-state index contributed by atoms with van der Waals surface area (Å²) in [6.07, 6.45) is 0. The fourth-order valence-corrected chi connectivity index (χ4v) is 8.59. The Hall–Kier alpha value is -7.24. The van der Waals surface area contributed by atoms with Crippen LogP contribution in [-0.4, -0.2) is 23.5 Å². The molecule has 0 bridgehead atoms. The highest BCUT2D eigenvalue weighted by Gasteiger charge is 2.21. The first-order chi connectivity index (χ1) is 26.3. The van der Waals surface area contributed by atoms with Crippen molar-refractivity contribution in [3.63, 3.8) is 0 Å². The standard InChI is InChI=1S/C48H29N5/c1-2-12-31-27-34(24-21-30(31)11-1)51-42-18-8-4-13-35(42)38-28-32(22-25-44(38)51)33-23-26-45-39(29-33)36-14-5-9-19-43(36)52(45)48-50-40-16-6-3-15-37(40)47-49-41-17-7-10-20-46(41)53(47)48/h1-29H. The van der Waals surface area contributed by atoms with E-state index in [1.165, 1.54) is 60.2 Å². The minimum absolute atomic E-state index is 0.828. The van der Waals surface area contributed by atoms with Gasteiger partial charge in [-0.25, -0.2) is 9.97 Å². The van der Waals surface area contributed by atoms with Crippen LogP contribution in [0, 0.1) is 0 Å². The van der Waals surface area contributed by atoms with Crippen LogP contribution in [0.15, 0.2) is 176 Å². The average molecular weight is 676 g/mol. The molecule has 8 aromatic carbocycles. The lowest BCUT2D eigenvalue weighted by atomic mass is 10.0. The second-order valence-electron chi connectivity index (χ2n) is 13.9. The van der Waals surface area contributed by atoms with Crippen LogP contribution in [0.5, 0.6) is 0 Å². The SMILES string of the molecule is c1ccc2cc(-n3c4ccccc4c4cc(-c5ccc6c(c5)c5ccccc5n6-c5nc6ccccc6c6nc7ccccc7n56)ccc43)ccc2c1. The van der Waals surface area contributed by atoms with Crippen LogP contribution in [-0.2, 0) is 0 Å². The second-order valence-corrected chi connectivity index (χ2v) is 13.9. The molecule has 0 atom stereocenters. The van der Waals surface area contributed by atoms with Gasteiger partial charge in [-0.1, -0.05) is 103 Å². The van der Waals surface area contributed by atoms with Gasteiger partial charge in [-0.15, -0.1) is 0 Å². The number of para-hydroxylation sites is 5. The van der Waals surface area contributed by atoms with Crippen molar-refractivity contribution in [2.45, 2.75) is 0 Å². The topological polar surface area (TPSA) is 40.0 Å². The zero-order chi connectivity index (χ0) is 34.6. The van der Waals surface area contributed by atoms with E-state index in [0.29, 0.717) is 0 Å². The van der Waals surface area contributed by atoms with Crippen LogP contribution in [0.2, 0.25) is 0 Å². The third-order valence-electron chi connectivity index (χ3n) is 11.0. The molecular formula is C48H29N5. The van der Waals surface area contributed by atoms with Gasteiger partial charge in [-0.05, 0) is 94.7 Å². The van der Waals surface area contributed by atoms with Crippen LogP contribution in [0.1, 0.15) is 0 Å². The zero-order valence-corrected chi connectivity index (χ0v) is 28.5. The van der Waals surface area contributed by atoms with Crippen molar-refractivity contribution in [1.29, 1.82) is 0 Å². The summed E-state index contributed by atoms with van der Waals surface area (Å²) < 4.78 is 6.92. The van der Waals surface area contributed by atoms with E-state index in [-0.39, 0.29) is 0 Å². The third-order valence-corrected chi connectivity index (χ3v) is 11.0. The van der Waals surface area contributed by atoms with E-state index >= 15 is 0 Å². The van der Waals surface area contributed by atoms with Crippen molar-refractivity contribution >= 4 is 82.0 Å². The van der Waals surface area contributed by atoms with E-state index in [0.717, 1.165) is 44.6 Å². The van der Waals surface area contributed by atoms with Gasteiger partial charge >= 0.3 is 0 Å². The molecule has 246 valence electrons. The monoisotopic (exact) mass is 675 g/mol. The molecule has 53 heavy (non-hydrogen) atoms. The molecule has 0 N–H and O–H groups in total. The summed E-state index contributed by atoms with van der Waals surface area (Å²) in [5, 5.41) is 8.37. The van der Waals surface area contributed by atoms with E-state index in [9.17, 15) is 0 Å². The molecule has 0 radical (unpaired) electrons. The Labute approximate surface area is 303 Å². The molecule has 4 aromatic heterocycles. The minimum Gasteiger partial charge on any atom is -0.309 e. The Morgan fingerprint density at radius 2 is 0.887 bits per heavy atom. The lowest BCUT2D eigenvalue weighted by molar-refractivity contribution is 0.979. The highest BCUT2D eigenvalue weighted by atomic mass is 15.2. The van der Waals surface area contributed by atoms with Crippen molar-refractivity contribution in [3.8, 4) is 22.8 Å². The first-order valence-corrected chi connectivity index (χ1v) is 18.0. The lowest BCUT2D eigenvalue weighted by Crippen LogP contribution is -2.06. The van der Waals surface area contributed by atoms with Gasteiger partial charge in [-0.3, -0.25) is 8.97 Å². The van der Waals surface area contributed by atoms with Gasteiger partial charge in [0.15, 0.2) is 0 Å². The Balaban J connectivity index is 1.09. The van der Waals surface area contributed by atoms with E-state index < -0.39 is 0 Å². The molecule has 0 aliphatic heterocycles. The average Bonchev–Trinajstić information content (AvgIpc) is 3.88. The van der Waals surface area contributed by atoms with E-state index in [1.807, 2.05) is 12.1 Å². The van der Waals surface area contributed by atoms with Gasteiger partial charge in [0.2, 0.25) is 5.95 Å². The molecule has 5 heteroatoms. The van der Waals surface area contributed by atoms with Crippen LogP contribution >= 0.6 is 0 Å². The number of benzene rings is 8. The van der Waals surface area contributed by atoms with E-state index in [4.69, 9.17) is 9.97 Å². The molecule has 12 aromatic rings. The Morgan fingerprint density at radius 1 is 0.340 bits per heavy atom. The Bertz CT molecular complexity index is 3470. The molecular weight excluding hydrogens is 647 g/mol. The van der Waals surface area contributed by atoms with Crippen LogP contribution in [0.25, 0.3) is 105 Å². The van der Waals surface area contributed by atoms with Crippen molar-refractivity contribution in [2.24, 2.45) is 0 Å². The molecule has 0 aliphatic rings. The van der Waals surface area contributed by atoms with Crippen LogP contribution in [0.4, 0.5) is 0 Å². The quantitative estimate of drug-likeness (QED) is 0.187. The summed E-state index contributed by atoms with van der Waals surface area (Å²) in [6, 6.07) is 63.1. The number of nitrogens with zero attached hydrogens (tertiary/aromatic N) is 5. The van der Waals surface area contributed by atoms with Gasteiger partial charge in [0.25, 0.3) is 0 Å². The molecule has 5 nitrogen and oxygen atoms in total. The number of aromatic nitrogens is 5. The van der Waals surface area contributed by atoms with Crippen molar-refractivity contribution in [2.75, 3.05) is 0 Å². The smallest absolute Gasteiger partial charge is 0.221 e. The first kappa shape index (κ1) is 28.5.